The van der Waals surface area contributed by atoms with Gasteiger partial charge in [0.15, 0.2) is 22.6 Å². The van der Waals surface area contributed by atoms with E-state index in [0.717, 1.165) is 6.07 Å². The standard InChI is InChI=1S/C18H16F3N3O2S/c1-9(2)8-26-11-5-3-10(4-6-11)22-17(25)24-18-23-13-7-12(19)14(20)15(21)16(13)27-18/h3-7,9H,8H2,1-2H3,(H2,22,23,24,25). The van der Waals surface area contributed by atoms with Gasteiger partial charge >= 0.3 is 6.03 Å². The number of hydrogen-bond donors (Lipinski definition) is 2. The van der Waals surface area contributed by atoms with Gasteiger partial charge < -0.3 is 10.1 Å². The lowest BCUT2D eigenvalue weighted by Crippen LogP contribution is -2.19. The molecular formula is C18H16F3N3O2S. The zero-order valence-corrected chi connectivity index (χ0v) is 15.3. The van der Waals surface area contributed by atoms with Crippen molar-refractivity contribution >= 4 is 38.4 Å². The summed E-state index contributed by atoms with van der Waals surface area (Å²) in [5.41, 5.74) is 0.437. The van der Waals surface area contributed by atoms with Gasteiger partial charge in [0.1, 0.15) is 5.75 Å². The Morgan fingerprint density at radius 1 is 1.15 bits per heavy atom. The van der Waals surface area contributed by atoms with Crippen LogP contribution in [-0.2, 0) is 0 Å². The van der Waals surface area contributed by atoms with Crippen molar-refractivity contribution in [2.75, 3.05) is 17.2 Å². The fraction of sp³-hybridized carbons (Fsp3) is 0.222. The average molecular weight is 395 g/mol. The first-order chi connectivity index (χ1) is 12.8. The van der Waals surface area contributed by atoms with Crippen LogP contribution in [0.15, 0.2) is 30.3 Å². The molecule has 0 spiro atoms. The molecule has 1 heterocycles. The number of halogens is 3. The van der Waals surface area contributed by atoms with Crippen molar-refractivity contribution in [1.29, 1.82) is 0 Å². The van der Waals surface area contributed by atoms with Crippen LogP contribution < -0.4 is 15.4 Å². The highest BCUT2D eigenvalue weighted by Gasteiger charge is 2.18. The normalized spacial score (nSPS) is 11.0. The summed E-state index contributed by atoms with van der Waals surface area (Å²) < 4.78 is 45.6. The summed E-state index contributed by atoms with van der Waals surface area (Å²) in [6.07, 6.45) is 0. The third-order valence-electron chi connectivity index (χ3n) is 3.43. The van der Waals surface area contributed by atoms with Gasteiger partial charge in [-0.25, -0.2) is 22.9 Å². The Kier molecular flexibility index (Phi) is 5.50. The highest BCUT2D eigenvalue weighted by Crippen LogP contribution is 2.31. The van der Waals surface area contributed by atoms with E-state index in [1.165, 1.54) is 0 Å². The van der Waals surface area contributed by atoms with Gasteiger partial charge in [-0.3, -0.25) is 5.32 Å². The first kappa shape index (κ1) is 19.0. The number of urea groups is 1. The quantitative estimate of drug-likeness (QED) is 0.569. The lowest BCUT2D eigenvalue weighted by Gasteiger charge is -2.10. The van der Waals surface area contributed by atoms with Crippen LogP contribution in [0.25, 0.3) is 10.2 Å². The second-order valence-corrected chi connectivity index (χ2v) is 7.16. The number of aromatic nitrogens is 1. The van der Waals surface area contributed by atoms with Crippen LogP contribution in [0.2, 0.25) is 0 Å². The van der Waals surface area contributed by atoms with E-state index in [0.29, 0.717) is 35.3 Å². The van der Waals surface area contributed by atoms with Crippen molar-refractivity contribution < 1.29 is 22.7 Å². The van der Waals surface area contributed by atoms with Crippen LogP contribution in [0.1, 0.15) is 13.8 Å². The van der Waals surface area contributed by atoms with Crippen molar-refractivity contribution in [2.24, 2.45) is 5.92 Å². The minimum Gasteiger partial charge on any atom is -0.493 e. The summed E-state index contributed by atoms with van der Waals surface area (Å²) in [5.74, 6) is -3.15. The van der Waals surface area contributed by atoms with Gasteiger partial charge in [-0.15, -0.1) is 0 Å². The number of anilines is 2. The SMILES string of the molecule is CC(C)COc1ccc(NC(=O)Nc2nc3cc(F)c(F)c(F)c3s2)cc1. The molecule has 142 valence electrons. The Hall–Kier alpha value is -2.81. The lowest BCUT2D eigenvalue weighted by atomic mass is 10.2. The molecule has 3 aromatic rings. The number of thiazole rings is 1. The van der Waals surface area contributed by atoms with Crippen LogP contribution in [0.3, 0.4) is 0 Å². The first-order valence-electron chi connectivity index (χ1n) is 8.08. The van der Waals surface area contributed by atoms with E-state index in [4.69, 9.17) is 4.74 Å². The fourth-order valence-corrected chi connectivity index (χ4v) is 3.05. The smallest absolute Gasteiger partial charge is 0.325 e. The zero-order chi connectivity index (χ0) is 19.6. The summed E-state index contributed by atoms with van der Waals surface area (Å²) in [4.78, 5) is 15.9. The number of hydrogen-bond acceptors (Lipinski definition) is 4. The van der Waals surface area contributed by atoms with E-state index < -0.39 is 23.5 Å². The molecule has 2 amide bonds. The largest absolute Gasteiger partial charge is 0.493 e. The minimum absolute atomic E-state index is 0.0169. The highest BCUT2D eigenvalue weighted by atomic mass is 32.1. The molecule has 0 saturated heterocycles. The molecule has 0 unspecified atom stereocenters. The minimum atomic E-state index is -1.57. The molecule has 0 saturated carbocycles. The van der Waals surface area contributed by atoms with Crippen molar-refractivity contribution in [3.05, 3.63) is 47.8 Å². The maximum Gasteiger partial charge on any atom is 0.325 e. The highest BCUT2D eigenvalue weighted by molar-refractivity contribution is 7.22. The second-order valence-electron chi connectivity index (χ2n) is 6.16. The van der Waals surface area contributed by atoms with E-state index in [1.54, 1.807) is 24.3 Å². The molecule has 0 radical (unpaired) electrons. The first-order valence-corrected chi connectivity index (χ1v) is 8.90. The number of nitrogens with zero attached hydrogens (tertiary/aromatic N) is 1. The van der Waals surface area contributed by atoms with Crippen molar-refractivity contribution in [3.8, 4) is 5.75 Å². The number of fused-ring (bicyclic) bond motifs is 1. The van der Waals surface area contributed by atoms with Crippen molar-refractivity contribution in [1.82, 2.24) is 4.98 Å². The van der Waals surface area contributed by atoms with Gasteiger partial charge in [0.2, 0.25) is 0 Å². The van der Waals surface area contributed by atoms with E-state index in [2.05, 4.69) is 15.6 Å². The van der Waals surface area contributed by atoms with Gasteiger partial charge in [-0.1, -0.05) is 25.2 Å². The zero-order valence-electron chi connectivity index (χ0n) is 14.5. The number of rotatable bonds is 5. The Bertz CT molecular complexity index is 974. The maximum absolute atomic E-state index is 13.7. The topological polar surface area (TPSA) is 63.2 Å². The Morgan fingerprint density at radius 2 is 1.85 bits per heavy atom. The summed E-state index contributed by atoms with van der Waals surface area (Å²) in [5, 5.41) is 5.02. The molecule has 0 bridgehead atoms. The summed E-state index contributed by atoms with van der Waals surface area (Å²) in [7, 11) is 0. The van der Waals surface area contributed by atoms with Crippen molar-refractivity contribution in [3.63, 3.8) is 0 Å². The number of carbonyl (C=O) groups excluding carboxylic acids is 1. The van der Waals surface area contributed by atoms with Crippen LogP contribution in [-0.4, -0.2) is 17.6 Å². The van der Waals surface area contributed by atoms with E-state index >= 15 is 0 Å². The van der Waals surface area contributed by atoms with Gasteiger partial charge in [0.05, 0.1) is 16.8 Å². The lowest BCUT2D eigenvalue weighted by molar-refractivity contribution is 0.262. The average Bonchev–Trinajstić information content (AvgIpc) is 3.01. The Labute approximate surface area is 157 Å². The molecule has 0 aliphatic carbocycles. The third kappa shape index (κ3) is 4.48. The van der Waals surface area contributed by atoms with Crippen LogP contribution >= 0.6 is 11.3 Å². The molecule has 3 rings (SSSR count). The maximum atomic E-state index is 13.7. The second kappa shape index (κ2) is 7.83. The summed E-state index contributed by atoms with van der Waals surface area (Å²) in [6, 6.07) is 6.93. The monoisotopic (exact) mass is 395 g/mol. The molecule has 1 aromatic heterocycles. The van der Waals surface area contributed by atoms with Crippen LogP contribution in [0, 0.1) is 23.4 Å². The molecule has 0 atom stereocenters. The van der Waals surface area contributed by atoms with Crippen LogP contribution in [0.4, 0.5) is 28.8 Å². The molecule has 5 nitrogen and oxygen atoms in total. The van der Waals surface area contributed by atoms with Crippen LogP contribution in [0.5, 0.6) is 5.75 Å². The van der Waals surface area contributed by atoms with E-state index in [9.17, 15) is 18.0 Å². The number of carbonyl (C=O) groups is 1. The summed E-state index contributed by atoms with van der Waals surface area (Å²) >= 11 is 0.713. The van der Waals surface area contributed by atoms with E-state index in [-0.39, 0.29) is 15.3 Å². The molecule has 2 N–H and O–H groups in total. The number of amides is 2. The van der Waals surface area contributed by atoms with Gasteiger partial charge in [-0.05, 0) is 30.2 Å². The number of benzene rings is 2. The van der Waals surface area contributed by atoms with Gasteiger partial charge in [-0.2, -0.15) is 0 Å². The van der Waals surface area contributed by atoms with Gasteiger partial charge in [0.25, 0.3) is 0 Å². The molecule has 0 aliphatic heterocycles. The Morgan fingerprint density at radius 3 is 2.52 bits per heavy atom. The predicted molar refractivity (Wildman–Crippen MR) is 98.9 cm³/mol. The molecule has 2 aromatic carbocycles. The molecule has 9 heteroatoms. The van der Waals surface area contributed by atoms with E-state index in [1.807, 2.05) is 13.8 Å². The molecular weight excluding hydrogens is 379 g/mol. The number of nitrogens with one attached hydrogen (secondary N) is 2. The molecule has 27 heavy (non-hydrogen) atoms. The predicted octanol–water partition coefficient (Wildman–Crippen LogP) is 5.39. The Balaban J connectivity index is 1.65. The summed E-state index contributed by atoms with van der Waals surface area (Å²) in [6.45, 7) is 4.66. The molecule has 0 fully saturated rings. The van der Waals surface area contributed by atoms with Crippen molar-refractivity contribution in [2.45, 2.75) is 13.8 Å². The third-order valence-corrected chi connectivity index (χ3v) is 4.41. The van der Waals surface area contributed by atoms with Gasteiger partial charge in [0, 0.05) is 11.8 Å². The fourth-order valence-electron chi connectivity index (χ4n) is 2.19. The number of ether oxygens (including phenoxy) is 1. The molecule has 0 aliphatic rings.